The normalized spacial score (nSPS) is 18.1. The topological polar surface area (TPSA) is 47.0 Å². The van der Waals surface area contributed by atoms with Crippen LogP contribution >= 0.6 is 11.3 Å². The van der Waals surface area contributed by atoms with E-state index >= 15 is 0 Å². The molecule has 0 amide bonds. The molecule has 1 atom stereocenters. The highest BCUT2D eigenvalue weighted by Crippen LogP contribution is 2.36. The number of fused-ring (bicyclic) bond motifs is 1. The molecular weight excluding hydrogens is 258 g/mol. The Balaban J connectivity index is 1.99. The van der Waals surface area contributed by atoms with Crippen molar-refractivity contribution in [3.63, 3.8) is 0 Å². The first-order chi connectivity index (χ1) is 9.31. The summed E-state index contributed by atoms with van der Waals surface area (Å²) in [4.78, 5) is 10.6. The summed E-state index contributed by atoms with van der Waals surface area (Å²) in [6.45, 7) is 0. The molecule has 1 aliphatic carbocycles. The molecule has 0 bridgehead atoms. The summed E-state index contributed by atoms with van der Waals surface area (Å²) in [7, 11) is 3.64. The van der Waals surface area contributed by atoms with Gasteiger partial charge in [0.25, 0.3) is 0 Å². The van der Waals surface area contributed by atoms with Crippen LogP contribution in [0.1, 0.15) is 29.5 Å². The molecule has 0 saturated carbocycles. The van der Waals surface area contributed by atoms with E-state index in [1.54, 1.807) is 18.4 Å². The quantitative estimate of drug-likeness (QED) is 0.935. The van der Waals surface area contributed by atoms with Crippen molar-refractivity contribution in [1.82, 2.24) is 15.3 Å². The first-order valence-electron chi connectivity index (χ1n) is 6.50. The molecule has 1 N–H and O–H groups in total. The SMILES string of the molecule is CNC1CCCc2sc(-c3cccc(OC)n3)nc21. The van der Waals surface area contributed by atoms with Gasteiger partial charge < -0.3 is 10.1 Å². The smallest absolute Gasteiger partial charge is 0.213 e. The van der Waals surface area contributed by atoms with E-state index in [4.69, 9.17) is 9.72 Å². The van der Waals surface area contributed by atoms with E-state index in [1.807, 2.05) is 25.2 Å². The molecular formula is C14H17N3OS. The van der Waals surface area contributed by atoms with Crippen molar-refractivity contribution in [2.75, 3.05) is 14.2 Å². The number of aryl methyl sites for hydroxylation is 1. The number of hydrogen-bond acceptors (Lipinski definition) is 5. The van der Waals surface area contributed by atoms with Crippen LogP contribution in [0, 0.1) is 0 Å². The third-order valence-corrected chi connectivity index (χ3v) is 4.61. The zero-order chi connectivity index (χ0) is 13.2. The lowest BCUT2D eigenvalue weighted by molar-refractivity contribution is 0.398. The van der Waals surface area contributed by atoms with Crippen LogP contribution in [0.4, 0.5) is 0 Å². The van der Waals surface area contributed by atoms with Crippen molar-refractivity contribution in [3.05, 3.63) is 28.8 Å². The first-order valence-corrected chi connectivity index (χ1v) is 7.31. The molecule has 0 radical (unpaired) electrons. The van der Waals surface area contributed by atoms with Crippen LogP contribution in [0.3, 0.4) is 0 Å². The molecule has 2 aromatic rings. The van der Waals surface area contributed by atoms with E-state index in [1.165, 1.54) is 17.0 Å². The lowest BCUT2D eigenvalue weighted by Crippen LogP contribution is -2.21. The van der Waals surface area contributed by atoms with Gasteiger partial charge in [0.2, 0.25) is 5.88 Å². The second-order valence-electron chi connectivity index (χ2n) is 4.63. The minimum atomic E-state index is 0.388. The predicted molar refractivity (Wildman–Crippen MR) is 76.6 cm³/mol. The molecule has 0 spiro atoms. The van der Waals surface area contributed by atoms with Crippen LogP contribution in [-0.4, -0.2) is 24.1 Å². The number of nitrogens with zero attached hydrogens (tertiary/aromatic N) is 2. The molecule has 19 heavy (non-hydrogen) atoms. The van der Waals surface area contributed by atoms with Crippen LogP contribution in [0.2, 0.25) is 0 Å². The van der Waals surface area contributed by atoms with E-state index in [2.05, 4.69) is 10.3 Å². The Morgan fingerprint density at radius 1 is 1.37 bits per heavy atom. The molecule has 2 aromatic heterocycles. The second kappa shape index (κ2) is 5.27. The van der Waals surface area contributed by atoms with Gasteiger partial charge >= 0.3 is 0 Å². The predicted octanol–water partition coefficient (Wildman–Crippen LogP) is 2.81. The van der Waals surface area contributed by atoms with E-state index in [0.717, 1.165) is 23.5 Å². The molecule has 0 fully saturated rings. The molecule has 3 rings (SSSR count). The highest BCUT2D eigenvalue weighted by molar-refractivity contribution is 7.15. The summed E-state index contributed by atoms with van der Waals surface area (Å²) in [6.07, 6.45) is 3.53. The van der Waals surface area contributed by atoms with Crippen LogP contribution < -0.4 is 10.1 Å². The monoisotopic (exact) mass is 275 g/mol. The lowest BCUT2D eigenvalue weighted by Gasteiger charge is -2.19. The van der Waals surface area contributed by atoms with Gasteiger partial charge in [-0.1, -0.05) is 6.07 Å². The molecule has 4 nitrogen and oxygen atoms in total. The number of nitrogens with one attached hydrogen (secondary N) is 1. The lowest BCUT2D eigenvalue weighted by atomic mass is 9.98. The van der Waals surface area contributed by atoms with E-state index in [9.17, 15) is 0 Å². The number of hydrogen-bond donors (Lipinski definition) is 1. The van der Waals surface area contributed by atoms with Crippen molar-refractivity contribution in [1.29, 1.82) is 0 Å². The standard InChI is InChI=1S/C14H17N3OS/c1-15-9-5-3-7-11-13(9)17-14(19-11)10-6-4-8-12(16-10)18-2/h4,6,8-9,15H,3,5,7H2,1-2H3. The summed E-state index contributed by atoms with van der Waals surface area (Å²) >= 11 is 1.76. The van der Waals surface area contributed by atoms with Gasteiger partial charge in [0.05, 0.1) is 18.8 Å². The molecule has 0 aromatic carbocycles. The molecule has 1 aliphatic rings. The Hall–Kier alpha value is -1.46. The third kappa shape index (κ3) is 2.35. The van der Waals surface area contributed by atoms with Gasteiger partial charge in [-0.3, -0.25) is 0 Å². The summed E-state index contributed by atoms with van der Waals surface area (Å²) < 4.78 is 5.17. The molecule has 100 valence electrons. The van der Waals surface area contributed by atoms with Gasteiger partial charge in [-0.25, -0.2) is 9.97 Å². The summed E-state index contributed by atoms with van der Waals surface area (Å²) in [5.74, 6) is 0.635. The van der Waals surface area contributed by atoms with Crippen LogP contribution in [0.5, 0.6) is 5.88 Å². The van der Waals surface area contributed by atoms with E-state index < -0.39 is 0 Å². The molecule has 2 heterocycles. The Labute approximate surface area is 116 Å². The Kier molecular flexibility index (Phi) is 3.48. The fourth-order valence-corrected chi connectivity index (χ4v) is 3.59. The highest BCUT2D eigenvalue weighted by atomic mass is 32.1. The molecule has 0 aliphatic heterocycles. The summed E-state index contributed by atoms with van der Waals surface area (Å²) in [6, 6.07) is 6.19. The van der Waals surface area contributed by atoms with Gasteiger partial charge in [0, 0.05) is 10.9 Å². The van der Waals surface area contributed by atoms with Crippen molar-refractivity contribution in [3.8, 4) is 16.6 Å². The van der Waals surface area contributed by atoms with Crippen molar-refractivity contribution in [2.45, 2.75) is 25.3 Å². The maximum Gasteiger partial charge on any atom is 0.213 e. The number of rotatable bonds is 3. The van der Waals surface area contributed by atoms with Gasteiger partial charge in [-0.05, 0) is 32.4 Å². The summed E-state index contributed by atoms with van der Waals surface area (Å²) in [5.41, 5.74) is 2.10. The van der Waals surface area contributed by atoms with Crippen LogP contribution in [-0.2, 0) is 6.42 Å². The molecule has 0 saturated heterocycles. The Morgan fingerprint density at radius 3 is 3.05 bits per heavy atom. The largest absolute Gasteiger partial charge is 0.481 e. The number of pyridine rings is 1. The van der Waals surface area contributed by atoms with Crippen molar-refractivity contribution >= 4 is 11.3 Å². The van der Waals surface area contributed by atoms with Gasteiger partial charge in [-0.15, -0.1) is 11.3 Å². The van der Waals surface area contributed by atoms with E-state index in [0.29, 0.717) is 11.9 Å². The van der Waals surface area contributed by atoms with E-state index in [-0.39, 0.29) is 0 Å². The summed E-state index contributed by atoms with van der Waals surface area (Å²) in [5, 5.41) is 4.34. The van der Waals surface area contributed by atoms with Crippen LogP contribution in [0.25, 0.3) is 10.7 Å². The van der Waals surface area contributed by atoms with Crippen molar-refractivity contribution in [2.24, 2.45) is 0 Å². The number of aromatic nitrogens is 2. The zero-order valence-electron chi connectivity index (χ0n) is 11.1. The Morgan fingerprint density at radius 2 is 2.26 bits per heavy atom. The van der Waals surface area contributed by atoms with Gasteiger partial charge in [0.15, 0.2) is 0 Å². The number of ether oxygens (including phenoxy) is 1. The third-order valence-electron chi connectivity index (χ3n) is 3.45. The van der Waals surface area contributed by atoms with Gasteiger partial charge in [-0.2, -0.15) is 0 Å². The number of methoxy groups -OCH3 is 1. The molecule has 1 unspecified atom stereocenters. The highest BCUT2D eigenvalue weighted by Gasteiger charge is 2.24. The van der Waals surface area contributed by atoms with Crippen LogP contribution in [0.15, 0.2) is 18.2 Å². The maximum absolute atomic E-state index is 5.17. The first kappa shape index (κ1) is 12.6. The average Bonchev–Trinajstić information content (AvgIpc) is 2.91. The van der Waals surface area contributed by atoms with Crippen molar-refractivity contribution < 1.29 is 4.74 Å². The minimum Gasteiger partial charge on any atom is -0.481 e. The zero-order valence-corrected chi connectivity index (χ0v) is 12.0. The Bertz CT molecular complexity index is 582. The fourth-order valence-electron chi connectivity index (χ4n) is 2.46. The molecule has 5 heteroatoms. The minimum absolute atomic E-state index is 0.388. The maximum atomic E-state index is 5.17. The average molecular weight is 275 g/mol. The number of thiazole rings is 1. The second-order valence-corrected chi connectivity index (χ2v) is 5.71. The fraction of sp³-hybridized carbons (Fsp3) is 0.429. The van der Waals surface area contributed by atoms with Gasteiger partial charge in [0.1, 0.15) is 10.7 Å².